The molecule has 0 radical (unpaired) electrons. The van der Waals surface area contributed by atoms with Gasteiger partial charge in [0.15, 0.2) is 5.11 Å². The van der Waals surface area contributed by atoms with E-state index in [-0.39, 0.29) is 16.9 Å². The van der Waals surface area contributed by atoms with Gasteiger partial charge >= 0.3 is 0 Å². The highest BCUT2D eigenvalue weighted by molar-refractivity contribution is 7.80. The Bertz CT molecular complexity index is 966. The quantitative estimate of drug-likeness (QED) is 0.536. The monoisotopic (exact) mass is 417 g/mol. The fourth-order valence-corrected chi connectivity index (χ4v) is 3.33. The Balaban J connectivity index is 1.68. The second-order valence-corrected chi connectivity index (χ2v) is 7.15. The molecule has 5 nitrogen and oxygen atoms in total. The van der Waals surface area contributed by atoms with E-state index in [2.05, 4.69) is 16.0 Å². The molecule has 0 saturated carbocycles. The Morgan fingerprint density at radius 2 is 1.37 bits per heavy atom. The average Bonchev–Trinajstić information content (AvgIpc) is 2.76. The molecule has 0 atom stereocenters. The van der Waals surface area contributed by atoms with Crippen LogP contribution in [0.1, 0.15) is 22.6 Å². The van der Waals surface area contributed by atoms with Crippen LogP contribution in [-0.4, -0.2) is 24.0 Å². The van der Waals surface area contributed by atoms with Gasteiger partial charge in [0, 0.05) is 12.7 Å². The molecule has 2 amide bonds. The Morgan fingerprint density at radius 3 is 1.87 bits per heavy atom. The Hall–Kier alpha value is -3.51. The molecule has 30 heavy (non-hydrogen) atoms. The maximum Gasteiger partial charge on any atom is 0.238 e. The molecular weight excluding hydrogens is 394 g/mol. The van der Waals surface area contributed by atoms with Crippen LogP contribution in [0.4, 0.5) is 5.69 Å². The van der Waals surface area contributed by atoms with Crippen LogP contribution in [0.2, 0.25) is 0 Å². The van der Waals surface area contributed by atoms with Gasteiger partial charge in [0.05, 0.1) is 12.3 Å². The van der Waals surface area contributed by atoms with Crippen LogP contribution in [0.25, 0.3) is 0 Å². The van der Waals surface area contributed by atoms with Crippen LogP contribution >= 0.6 is 12.2 Å². The minimum absolute atomic E-state index is 0.0497. The van der Waals surface area contributed by atoms with Crippen molar-refractivity contribution in [3.63, 3.8) is 0 Å². The van der Waals surface area contributed by atoms with Crippen LogP contribution in [-0.2, 0) is 16.0 Å². The van der Waals surface area contributed by atoms with Gasteiger partial charge in [0.2, 0.25) is 11.8 Å². The molecule has 0 spiro atoms. The summed E-state index contributed by atoms with van der Waals surface area (Å²) in [6.07, 6.45) is 0.313. The number of carbonyl (C=O) groups excluding carboxylic acids is 2. The van der Waals surface area contributed by atoms with E-state index in [1.165, 1.54) is 0 Å². The van der Waals surface area contributed by atoms with Gasteiger partial charge in [-0.05, 0) is 41.0 Å². The van der Waals surface area contributed by atoms with Gasteiger partial charge in [0.1, 0.15) is 0 Å². The fraction of sp³-hybridized carbons (Fsp3) is 0.125. The van der Waals surface area contributed by atoms with E-state index < -0.39 is 5.92 Å². The molecule has 0 saturated heterocycles. The van der Waals surface area contributed by atoms with E-state index >= 15 is 0 Å². The van der Waals surface area contributed by atoms with E-state index in [0.717, 1.165) is 22.4 Å². The number of amides is 2. The molecule has 0 aromatic heterocycles. The van der Waals surface area contributed by atoms with Crippen molar-refractivity contribution >= 4 is 34.8 Å². The highest BCUT2D eigenvalue weighted by Gasteiger charge is 2.23. The molecular formula is C24H23N3O2S. The summed E-state index contributed by atoms with van der Waals surface area (Å²) in [5.41, 5.74) is 3.41. The maximum atomic E-state index is 13.1. The smallest absolute Gasteiger partial charge is 0.238 e. The SMILES string of the molecule is CNC(=O)Cc1ccc(NC(=S)NC(=O)C(c2ccccc2)c2ccccc2)cc1. The van der Waals surface area contributed by atoms with Gasteiger partial charge in [-0.2, -0.15) is 0 Å². The number of likely N-dealkylation sites (N-methyl/N-ethyl adjacent to an activating group) is 1. The van der Waals surface area contributed by atoms with Crippen LogP contribution in [0.5, 0.6) is 0 Å². The predicted octanol–water partition coefficient (Wildman–Crippen LogP) is 3.62. The summed E-state index contributed by atoms with van der Waals surface area (Å²) in [5, 5.41) is 8.64. The molecule has 152 valence electrons. The molecule has 0 aliphatic heterocycles. The second kappa shape index (κ2) is 10.3. The summed E-state index contributed by atoms with van der Waals surface area (Å²) in [6, 6.07) is 26.5. The van der Waals surface area contributed by atoms with E-state index in [1.807, 2.05) is 84.9 Å². The van der Waals surface area contributed by atoms with Crippen LogP contribution in [0, 0.1) is 0 Å². The minimum atomic E-state index is -0.470. The molecule has 0 bridgehead atoms. The first-order chi connectivity index (χ1) is 14.6. The first-order valence-electron chi connectivity index (χ1n) is 9.58. The molecule has 0 unspecified atom stereocenters. The van der Waals surface area contributed by atoms with Crippen molar-refractivity contribution in [3.05, 3.63) is 102 Å². The summed E-state index contributed by atoms with van der Waals surface area (Å²) >= 11 is 5.35. The molecule has 3 aromatic carbocycles. The molecule has 3 aromatic rings. The van der Waals surface area contributed by atoms with Gasteiger partial charge in [-0.1, -0.05) is 72.8 Å². The number of rotatable bonds is 6. The van der Waals surface area contributed by atoms with Gasteiger partial charge in [-0.25, -0.2) is 0 Å². The van der Waals surface area contributed by atoms with Crippen molar-refractivity contribution in [1.29, 1.82) is 0 Å². The second-order valence-electron chi connectivity index (χ2n) is 6.74. The van der Waals surface area contributed by atoms with Crippen molar-refractivity contribution in [2.24, 2.45) is 0 Å². The summed E-state index contributed by atoms with van der Waals surface area (Å²) in [7, 11) is 1.61. The standard InChI is InChI=1S/C24H23N3O2S/c1-25-21(28)16-17-12-14-20(15-13-17)26-24(30)27-23(29)22(18-8-4-2-5-9-18)19-10-6-3-7-11-19/h2-15,22H,16H2,1H3,(H,25,28)(H2,26,27,29,30). The maximum absolute atomic E-state index is 13.1. The fourth-order valence-electron chi connectivity index (χ4n) is 3.11. The number of thiocarbonyl (C=S) groups is 1. The third kappa shape index (κ3) is 5.75. The van der Waals surface area contributed by atoms with Gasteiger partial charge in [-0.15, -0.1) is 0 Å². The first kappa shape index (κ1) is 21.2. The van der Waals surface area contributed by atoms with Gasteiger partial charge in [0.25, 0.3) is 0 Å². The zero-order valence-electron chi connectivity index (χ0n) is 16.6. The lowest BCUT2D eigenvalue weighted by atomic mass is 9.90. The zero-order chi connectivity index (χ0) is 21.3. The minimum Gasteiger partial charge on any atom is -0.359 e. The molecule has 3 N–H and O–H groups in total. The largest absolute Gasteiger partial charge is 0.359 e. The van der Waals surface area contributed by atoms with Crippen molar-refractivity contribution in [2.45, 2.75) is 12.3 Å². The molecule has 0 aliphatic carbocycles. The third-order valence-electron chi connectivity index (χ3n) is 4.62. The number of carbonyl (C=O) groups is 2. The number of hydrogen-bond donors (Lipinski definition) is 3. The van der Waals surface area contributed by atoms with Gasteiger partial charge < -0.3 is 16.0 Å². The van der Waals surface area contributed by atoms with E-state index in [1.54, 1.807) is 7.05 Å². The average molecular weight is 418 g/mol. The summed E-state index contributed by atoms with van der Waals surface area (Å²) < 4.78 is 0. The normalized spacial score (nSPS) is 10.3. The Morgan fingerprint density at radius 1 is 0.833 bits per heavy atom. The predicted molar refractivity (Wildman–Crippen MR) is 123 cm³/mol. The lowest BCUT2D eigenvalue weighted by Gasteiger charge is -2.18. The van der Waals surface area contributed by atoms with Crippen LogP contribution in [0.15, 0.2) is 84.9 Å². The lowest BCUT2D eigenvalue weighted by molar-refractivity contribution is -0.120. The van der Waals surface area contributed by atoms with Crippen molar-refractivity contribution in [2.75, 3.05) is 12.4 Å². The molecule has 3 rings (SSSR count). The van der Waals surface area contributed by atoms with E-state index in [4.69, 9.17) is 12.2 Å². The number of hydrogen-bond acceptors (Lipinski definition) is 3. The van der Waals surface area contributed by atoms with Crippen LogP contribution < -0.4 is 16.0 Å². The molecule has 0 heterocycles. The highest BCUT2D eigenvalue weighted by atomic mass is 32.1. The summed E-state index contributed by atoms with van der Waals surface area (Å²) in [6.45, 7) is 0. The van der Waals surface area contributed by atoms with E-state index in [0.29, 0.717) is 6.42 Å². The van der Waals surface area contributed by atoms with E-state index in [9.17, 15) is 9.59 Å². The summed E-state index contributed by atoms with van der Waals surface area (Å²) in [4.78, 5) is 24.5. The molecule has 0 fully saturated rings. The number of nitrogens with one attached hydrogen (secondary N) is 3. The Labute approximate surface area is 181 Å². The van der Waals surface area contributed by atoms with Crippen molar-refractivity contribution in [3.8, 4) is 0 Å². The van der Waals surface area contributed by atoms with Crippen LogP contribution in [0.3, 0.4) is 0 Å². The zero-order valence-corrected chi connectivity index (χ0v) is 17.4. The summed E-state index contributed by atoms with van der Waals surface area (Å²) in [5.74, 6) is -0.727. The number of benzene rings is 3. The third-order valence-corrected chi connectivity index (χ3v) is 4.82. The lowest BCUT2D eigenvalue weighted by Crippen LogP contribution is -2.37. The van der Waals surface area contributed by atoms with Gasteiger partial charge in [-0.3, -0.25) is 9.59 Å². The highest BCUT2D eigenvalue weighted by Crippen LogP contribution is 2.24. The molecule has 6 heteroatoms. The first-order valence-corrected chi connectivity index (χ1v) is 9.99. The van der Waals surface area contributed by atoms with Crippen molar-refractivity contribution < 1.29 is 9.59 Å². The topological polar surface area (TPSA) is 70.2 Å². The number of anilines is 1. The molecule has 0 aliphatic rings. The van der Waals surface area contributed by atoms with Crippen molar-refractivity contribution in [1.82, 2.24) is 10.6 Å². The Kier molecular flexibility index (Phi) is 7.29.